The maximum Gasteiger partial charge on any atom is 0.405 e. The van der Waals surface area contributed by atoms with Crippen molar-refractivity contribution in [1.29, 1.82) is 0 Å². The highest BCUT2D eigenvalue weighted by Gasteiger charge is 2.33. The SMILES string of the molecule is CCCCCNC(=O)c1c(NCC(F)(F)F)nc2oc(-c3ccc(F)cc3)c(C(=O)NC)c2c1-c1ccccc1. The summed E-state index contributed by atoms with van der Waals surface area (Å²) < 4.78 is 59.5. The second-order valence-corrected chi connectivity index (χ2v) is 9.08. The van der Waals surface area contributed by atoms with Crippen molar-refractivity contribution in [1.82, 2.24) is 15.6 Å². The molecule has 4 aromatic rings. The number of furan rings is 1. The van der Waals surface area contributed by atoms with Crippen LogP contribution in [0.5, 0.6) is 0 Å². The molecular formula is C29H28F4N4O3. The van der Waals surface area contributed by atoms with E-state index in [9.17, 15) is 27.2 Å². The molecule has 0 fully saturated rings. The summed E-state index contributed by atoms with van der Waals surface area (Å²) in [6.07, 6.45) is -2.17. The van der Waals surface area contributed by atoms with Crippen LogP contribution in [0.4, 0.5) is 23.4 Å². The Morgan fingerprint density at radius 1 is 0.925 bits per heavy atom. The number of aromatic nitrogens is 1. The Morgan fingerprint density at radius 3 is 2.25 bits per heavy atom. The minimum atomic E-state index is -4.60. The molecule has 2 aromatic heterocycles. The molecule has 0 radical (unpaired) electrons. The number of nitrogens with one attached hydrogen (secondary N) is 3. The van der Waals surface area contributed by atoms with E-state index in [1.54, 1.807) is 30.3 Å². The van der Waals surface area contributed by atoms with E-state index in [1.165, 1.54) is 31.3 Å². The maximum absolute atomic E-state index is 13.7. The van der Waals surface area contributed by atoms with Crippen molar-refractivity contribution in [3.63, 3.8) is 0 Å². The van der Waals surface area contributed by atoms with E-state index in [-0.39, 0.29) is 39.4 Å². The lowest BCUT2D eigenvalue weighted by Gasteiger charge is -2.18. The number of anilines is 1. The zero-order chi connectivity index (χ0) is 28.9. The minimum Gasteiger partial charge on any atom is -0.437 e. The Bertz CT molecular complexity index is 1500. The van der Waals surface area contributed by atoms with Crippen LogP contribution in [0.15, 0.2) is 59.0 Å². The van der Waals surface area contributed by atoms with E-state index < -0.39 is 30.4 Å². The number of carbonyl (C=O) groups is 2. The standard InChI is InChI=1S/C29H28F4N4O3/c1-3-4-8-15-35-27(39)23-20(17-9-6-5-7-10-17)21-22(26(38)34-2)24(18-11-13-19(30)14-12-18)40-28(21)37-25(23)36-16-29(31,32)33/h5-7,9-14H,3-4,8,15-16H2,1-2H3,(H,34,38)(H,35,39)(H,36,37). The molecule has 0 atom stereocenters. The Balaban J connectivity index is 2.07. The summed E-state index contributed by atoms with van der Waals surface area (Å²) in [4.78, 5) is 31.2. The van der Waals surface area contributed by atoms with Crippen LogP contribution in [0, 0.1) is 5.82 Å². The van der Waals surface area contributed by atoms with Gasteiger partial charge in [-0.1, -0.05) is 50.1 Å². The number of carbonyl (C=O) groups excluding carboxylic acids is 2. The van der Waals surface area contributed by atoms with Crippen LogP contribution in [0.25, 0.3) is 33.6 Å². The fraction of sp³-hybridized carbons (Fsp3) is 0.276. The lowest BCUT2D eigenvalue weighted by atomic mass is 9.93. The van der Waals surface area contributed by atoms with Gasteiger partial charge in [-0.2, -0.15) is 18.2 Å². The molecule has 0 aliphatic heterocycles. The van der Waals surface area contributed by atoms with Gasteiger partial charge in [0.2, 0.25) is 5.71 Å². The highest BCUT2D eigenvalue weighted by Crippen LogP contribution is 2.42. The van der Waals surface area contributed by atoms with Crippen LogP contribution < -0.4 is 16.0 Å². The number of amides is 2. The Hall–Kier alpha value is -4.41. The Labute approximate surface area is 228 Å². The van der Waals surface area contributed by atoms with Gasteiger partial charge in [0.25, 0.3) is 11.8 Å². The number of benzene rings is 2. The van der Waals surface area contributed by atoms with Gasteiger partial charge < -0.3 is 20.4 Å². The zero-order valence-electron chi connectivity index (χ0n) is 21.9. The molecule has 0 bridgehead atoms. The predicted molar refractivity (Wildman–Crippen MR) is 145 cm³/mol. The average molecular weight is 557 g/mol. The van der Waals surface area contributed by atoms with Crippen molar-refractivity contribution >= 4 is 28.7 Å². The van der Waals surface area contributed by atoms with E-state index in [0.717, 1.165) is 12.8 Å². The van der Waals surface area contributed by atoms with E-state index in [4.69, 9.17) is 4.42 Å². The Morgan fingerprint density at radius 2 is 1.62 bits per heavy atom. The molecular weight excluding hydrogens is 528 g/mol. The van der Waals surface area contributed by atoms with E-state index in [1.807, 2.05) is 6.92 Å². The smallest absolute Gasteiger partial charge is 0.405 e. The number of hydrogen-bond donors (Lipinski definition) is 3. The number of halogens is 4. The first-order valence-electron chi connectivity index (χ1n) is 12.8. The van der Waals surface area contributed by atoms with Gasteiger partial charge in [0, 0.05) is 24.7 Å². The summed E-state index contributed by atoms with van der Waals surface area (Å²) >= 11 is 0. The van der Waals surface area contributed by atoms with Gasteiger partial charge in [-0.3, -0.25) is 9.59 Å². The van der Waals surface area contributed by atoms with Crippen molar-refractivity contribution in [3.05, 3.63) is 71.5 Å². The number of unbranched alkanes of at least 4 members (excludes halogenated alkanes) is 2. The molecule has 4 rings (SSSR count). The third-order valence-corrected chi connectivity index (χ3v) is 6.21. The molecule has 3 N–H and O–H groups in total. The number of alkyl halides is 3. The molecule has 210 valence electrons. The first kappa shape index (κ1) is 28.6. The summed E-state index contributed by atoms with van der Waals surface area (Å²) in [5, 5.41) is 7.72. The average Bonchev–Trinajstić information content (AvgIpc) is 3.32. The summed E-state index contributed by atoms with van der Waals surface area (Å²) in [6.45, 7) is 0.847. The lowest BCUT2D eigenvalue weighted by Crippen LogP contribution is -2.29. The quantitative estimate of drug-likeness (QED) is 0.152. The van der Waals surface area contributed by atoms with Crippen molar-refractivity contribution in [2.45, 2.75) is 32.4 Å². The first-order valence-corrected chi connectivity index (χ1v) is 12.8. The third-order valence-electron chi connectivity index (χ3n) is 6.21. The predicted octanol–water partition coefficient (Wildman–Crippen LogP) is 6.55. The highest BCUT2D eigenvalue weighted by molar-refractivity contribution is 6.20. The number of nitrogens with zero attached hydrogens (tertiary/aromatic N) is 1. The van der Waals surface area contributed by atoms with Crippen LogP contribution in [0.1, 0.15) is 46.9 Å². The number of pyridine rings is 1. The first-order chi connectivity index (χ1) is 19.1. The minimum absolute atomic E-state index is 0.0119. The number of rotatable bonds is 10. The molecule has 0 unspecified atom stereocenters. The normalized spacial score (nSPS) is 11.4. The summed E-state index contributed by atoms with van der Waals surface area (Å²) in [5.41, 5.74) is 0.671. The van der Waals surface area contributed by atoms with Gasteiger partial charge in [-0.25, -0.2) is 4.39 Å². The van der Waals surface area contributed by atoms with E-state index in [2.05, 4.69) is 20.9 Å². The Kier molecular flexibility index (Phi) is 8.71. The lowest BCUT2D eigenvalue weighted by molar-refractivity contribution is -0.115. The van der Waals surface area contributed by atoms with Gasteiger partial charge in [0.05, 0.1) is 16.5 Å². The van der Waals surface area contributed by atoms with Crippen molar-refractivity contribution in [3.8, 4) is 22.5 Å². The van der Waals surface area contributed by atoms with Gasteiger partial charge in [0.15, 0.2) is 0 Å². The second-order valence-electron chi connectivity index (χ2n) is 9.08. The number of fused-ring (bicyclic) bond motifs is 1. The van der Waals surface area contributed by atoms with Crippen molar-refractivity contribution < 1.29 is 31.6 Å². The fourth-order valence-corrected chi connectivity index (χ4v) is 4.37. The molecule has 11 heteroatoms. The molecule has 0 aliphatic rings. The monoisotopic (exact) mass is 556 g/mol. The molecule has 2 heterocycles. The summed E-state index contributed by atoms with van der Waals surface area (Å²) in [6, 6.07) is 13.7. The van der Waals surface area contributed by atoms with E-state index in [0.29, 0.717) is 24.1 Å². The zero-order valence-corrected chi connectivity index (χ0v) is 21.9. The topological polar surface area (TPSA) is 96.3 Å². The van der Waals surface area contributed by atoms with Crippen LogP contribution in [0.3, 0.4) is 0 Å². The molecule has 0 aliphatic carbocycles. The molecule has 2 amide bonds. The molecule has 0 saturated heterocycles. The third kappa shape index (κ3) is 6.24. The van der Waals surface area contributed by atoms with E-state index >= 15 is 0 Å². The van der Waals surface area contributed by atoms with Gasteiger partial charge in [-0.05, 0) is 36.2 Å². The number of hydrogen-bond acceptors (Lipinski definition) is 5. The van der Waals surface area contributed by atoms with Gasteiger partial charge >= 0.3 is 6.18 Å². The van der Waals surface area contributed by atoms with Gasteiger partial charge in [0.1, 0.15) is 23.9 Å². The largest absolute Gasteiger partial charge is 0.437 e. The molecule has 40 heavy (non-hydrogen) atoms. The van der Waals surface area contributed by atoms with Crippen molar-refractivity contribution in [2.24, 2.45) is 0 Å². The molecule has 0 spiro atoms. The fourth-order valence-electron chi connectivity index (χ4n) is 4.37. The maximum atomic E-state index is 13.7. The van der Waals surface area contributed by atoms with Crippen LogP contribution in [0.2, 0.25) is 0 Å². The van der Waals surface area contributed by atoms with Crippen LogP contribution in [-0.4, -0.2) is 43.1 Å². The summed E-state index contributed by atoms with van der Waals surface area (Å²) in [7, 11) is 1.41. The molecule has 2 aromatic carbocycles. The van der Waals surface area contributed by atoms with Crippen molar-refractivity contribution in [2.75, 3.05) is 25.5 Å². The highest BCUT2D eigenvalue weighted by atomic mass is 19.4. The second kappa shape index (κ2) is 12.2. The van der Waals surface area contributed by atoms with Gasteiger partial charge in [-0.15, -0.1) is 0 Å². The summed E-state index contributed by atoms with van der Waals surface area (Å²) in [5.74, 6) is -2.06. The molecule has 7 nitrogen and oxygen atoms in total. The van der Waals surface area contributed by atoms with Crippen LogP contribution in [-0.2, 0) is 0 Å². The van der Waals surface area contributed by atoms with Crippen LogP contribution >= 0.6 is 0 Å². The molecule has 0 saturated carbocycles.